The zero-order valence-corrected chi connectivity index (χ0v) is 15.5. The number of aliphatic imine (C=N–C) groups is 1. The molecule has 4 heteroatoms. The maximum Gasteiger partial charge on any atom is 0.191 e. The molecule has 1 saturated carbocycles. The van der Waals surface area contributed by atoms with Gasteiger partial charge in [-0.25, -0.2) is 0 Å². The SMILES string of the molecule is CCNC(=NCC1(CCOC)CCC1)NCCc1ccc(C)cc1. The average molecular weight is 332 g/mol. The maximum atomic E-state index is 5.27. The predicted molar refractivity (Wildman–Crippen MR) is 102 cm³/mol. The Morgan fingerprint density at radius 3 is 2.54 bits per heavy atom. The number of hydrogen-bond acceptors (Lipinski definition) is 2. The predicted octanol–water partition coefficient (Wildman–Crippen LogP) is 3.30. The Balaban J connectivity index is 1.82. The molecule has 4 nitrogen and oxygen atoms in total. The van der Waals surface area contributed by atoms with Crippen molar-refractivity contribution in [3.8, 4) is 0 Å². The van der Waals surface area contributed by atoms with Gasteiger partial charge in [-0.2, -0.15) is 0 Å². The Bertz CT molecular complexity index is 506. The molecule has 0 spiro atoms. The summed E-state index contributed by atoms with van der Waals surface area (Å²) in [5.41, 5.74) is 3.04. The molecule has 0 saturated heterocycles. The molecule has 0 heterocycles. The molecule has 2 N–H and O–H groups in total. The topological polar surface area (TPSA) is 45.7 Å². The highest BCUT2D eigenvalue weighted by atomic mass is 16.5. The van der Waals surface area contributed by atoms with E-state index in [2.05, 4.69) is 48.7 Å². The molecular formula is C20H33N3O. The highest BCUT2D eigenvalue weighted by molar-refractivity contribution is 5.79. The number of hydrogen-bond donors (Lipinski definition) is 2. The van der Waals surface area contributed by atoms with Crippen molar-refractivity contribution in [1.82, 2.24) is 10.6 Å². The molecule has 24 heavy (non-hydrogen) atoms. The second kappa shape index (κ2) is 9.67. The number of aryl methyl sites for hydroxylation is 1. The lowest BCUT2D eigenvalue weighted by molar-refractivity contribution is 0.0778. The number of methoxy groups -OCH3 is 1. The summed E-state index contributed by atoms with van der Waals surface area (Å²) in [5, 5.41) is 6.83. The number of benzene rings is 1. The van der Waals surface area contributed by atoms with Crippen molar-refractivity contribution in [3.63, 3.8) is 0 Å². The van der Waals surface area contributed by atoms with Gasteiger partial charge in [-0.1, -0.05) is 36.2 Å². The molecule has 0 atom stereocenters. The van der Waals surface area contributed by atoms with Crippen LogP contribution in [0.3, 0.4) is 0 Å². The second-order valence-electron chi connectivity index (χ2n) is 6.95. The summed E-state index contributed by atoms with van der Waals surface area (Å²) in [4.78, 5) is 4.84. The van der Waals surface area contributed by atoms with Gasteiger partial charge in [0.2, 0.25) is 0 Å². The van der Waals surface area contributed by atoms with Gasteiger partial charge in [-0.15, -0.1) is 0 Å². The van der Waals surface area contributed by atoms with Crippen molar-refractivity contribution in [1.29, 1.82) is 0 Å². The lowest BCUT2D eigenvalue weighted by Gasteiger charge is -2.40. The van der Waals surface area contributed by atoms with Gasteiger partial charge in [-0.05, 0) is 50.5 Å². The molecule has 0 unspecified atom stereocenters. The van der Waals surface area contributed by atoms with Gasteiger partial charge in [0.25, 0.3) is 0 Å². The molecule has 1 aromatic rings. The van der Waals surface area contributed by atoms with Crippen LogP contribution < -0.4 is 10.6 Å². The van der Waals surface area contributed by atoms with Gasteiger partial charge in [0.05, 0.1) is 0 Å². The van der Waals surface area contributed by atoms with E-state index in [4.69, 9.17) is 9.73 Å². The van der Waals surface area contributed by atoms with E-state index in [1.54, 1.807) is 7.11 Å². The highest BCUT2D eigenvalue weighted by Crippen LogP contribution is 2.44. The van der Waals surface area contributed by atoms with Gasteiger partial charge < -0.3 is 15.4 Å². The summed E-state index contributed by atoms with van der Waals surface area (Å²) >= 11 is 0. The van der Waals surface area contributed by atoms with Gasteiger partial charge in [0, 0.05) is 33.4 Å². The van der Waals surface area contributed by atoms with E-state index >= 15 is 0 Å². The second-order valence-corrected chi connectivity index (χ2v) is 6.95. The molecule has 1 fully saturated rings. The number of rotatable bonds is 9. The van der Waals surface area contributed by atoms with Crippen molar-refractivity contribution in [3.05, 3.63) is 35.4 Å². The Labute approximate surface area is 147 Å². The molecule has 0 bridgehead atoms. The molecule has 0 aromatic heterocycles. The van der Waals surface area contributed by atoms with E-state index in [0.717, 1.165) is 45.0 Å². The van der Waals surface area contributed by atoms with Gasteiger partial charge in [-0.3, -0.25) is 4.99 Å². The fourth-order valence-corrected chi connectivity index (χ4v) is 3.15. The van der Waals surface area contributed by atoms with Crippen LogP contribution in [-0.4, -0.2) is 39.3 Å². The fraction of sp³-hybridized carbons (Fsp3) is 0.650. The normalized spacial score (nSPS) is 16.5. The van der Waals surface area contributed by atoms with Crippen molar-refractivity contribution < 1.29 is 4.74 Å². The van der Waals surface area contributed by atoms with Crippen LogP contribution in [0.25, 0.3) is 0 Å². The quantitative estimate of drug-likeness (QED) is 0.539. The van der Waals surface area contributed by atoms with Crippen LogP contribution in [0.5, 0.6) is 0 Å². The summed E-state index contributed by atoms with van der Waals surface area (Å²) < 4.78 is 5.27. The minimum absolute atomic E-state index is 0.370. The lowest BCUT2D eigenvalue weighted by atomic mass is 9.67. The average Bonchev–Trinajstić information content (AvgIpc) is 2.55. The van der Waals surface area contributed by atoms with E-state index in [1.807, 2.05) is 0 Å². The smallest absolute Gasteiger partial charge is 0.191 e. The number of nitrogens with one attached hydrogen (secondary N) is 2. The van der Waals surface area contributed by atoms with Gasteiger partial charge in [0.15, 0.2) is 5.96 Å². The first-order chi connectivity index (χ1) is 11.7. The molecule has 1 aromatic carbocycles. The summed E-state index contributed by atoms with van der Waals surface area (Å²) in [6, 6.07) is 8.75. The van der Waals surface area contributed by atoms with E-state index in [0.29, 0.717) is 5.41 Å². The Morgan fingerprint density at radius 1 is 1.21 bits per heavy atom. The molecule has 134 valence electrons. The van der Waals surface area contributed by atoms with E-state index in [1.165, 1.54) is 30.4 Å². The zero-order valence-electron chi connectivity index (χ0n) is 15.5. The molecule has 2 rings (SSSR count). The summed E-state index contributed by atoms with van der Waals surface area (Å²) in [7, 11) is 1.78. The first kappa shape index (κ1) is 18.8. The van der Waals surface area contributed by atoms with Crippen molar-refractivity contribution >= 4 is 5.96 Å². The summed E-state index contributed by atoms with van der Waals surface area (Å²) in [6.45, 7) is 7.77. The van der Waals surface area contributed by atoms with Gasteiger partial charge in [0.1, 0.15) is 0 Å². The Morgan fingerprint density at radius 2 is 1.96 bits per heavy atom. The van der Waals surface area contributed by atoms with Crippen LogP contribution >= 0.6 is 0 Å². The lowest BCUT2D eigenvalue weighted by Crippen LogP contribution is -2.41. The molecule has 0 amide bonds. The first-order valence-corrected chi connectivity index (χ1v) is 9.24. The van der Waals surface area contributed by atoms with Crippen molar-refractivity contribution in [2.75, 3.05) is 33.4 Å². The molecule has 1 aliphatic carbocycles. The third-order valence-corrected chi connectivity index (χ3v) is 4.99. The van der Waals surface area contributed by atoms with Crippen LogP contribution in [0, 0.1) is 12.3 Å². The minimum atomic E-state index is 0.370. The molecule has 0 radical (unpaired) electrons. The van der Waals surface area contributed by atoms with Crippen molar-refractivity contribution in [2.45, 2.75) is 46.0 Å². The van der Waals surface area contributed by atoms with Gasteiger partial charge >= 0.3 is 0 Å². The Kier molecular flexibility index (Phi) is 7.57. The van der Waals surface area contributed by atoms with Crippen LogP contribution in [0.1, 0.15) is 43.7 Å². The number of nitrogens with zero attached hydrogens (tertiary/aromatic N) is 1. The molecule has 1 aliphatic rings. The number of ether oxygens (including phenoxy) is 1. The van der Waals surface area contributed by atoms with E-state index < -0.39 is 0 Å². The molecule has 0 aliphatic heterocycles. The van der Waals surface area contributed by atoms with E-state index in [9.17, 15) is 0 Å². The number of guanidine groups is 1. The zero-order chi connectivity index (χ0) is 17.3. The minimum Gasteiger partial charge on any atom is -0.385 e. The monoisotopic (exact) mass is 331 g/mol. The largest absolute Gasteiger partial charge is 0.385 e. The summed E-state index contributed by atoms with van der Waals surface area (Å²) in [6.07, 6.45) is 6.02. The maximum absolute atomic E-state index is 5.27. The third kappa shape index (κ3) is 5.82. The summed E-state index contributed by atoms with van der Waals surface area (Å²) in [5.74, 6) is 0.938. The van der Waals surface area contributed by atoms with E-state index in [-0.39, 0.29) is 0 Å². The third-order valence-electron chi connectivity index (χ3n) is 4.99. The standard InChI is InChI=1S/C20H33N3O/c1-4-21-19(22-14-10-18-8-6-17(2)7-9-18)23-16-20(11-5-12-20)13-15-24-3/h6-9H,4-5,10-16H2,1-3H3,(H2,21,22,23). The van der Waals surface area contributed by atoms with Crippen LogP contribution in [0.4, 0.5) is 0 Å². The van der Waals surface area contributed by atoms with Crippen LogP contribution in [0.15, 0.2) is 29.3 Å². The Hall–Kier alpha value is -1.55. The first-order valence-electron chi connectivity index (χ1n) is 9.24. The van der Waals surface area contributed by atoms with Crippen LogP contribution in [-0.2, 0) is 11.2 Å². The van der Waals surface area contributed by atoms with Crippen molar-refractivity contribution in [2.24, 2.45) is 10.4 Å². The van der Waals surface area contributed by atoms with Crippen LogP contribution in [0.2, 0.25) is 0 Å². The highest BCUT2D eigenvalue weighted by Gasteiger charge is 2.36. The fourth-order valence-electron chi connectivity index (χ4n) is 3.15. The molecular weight excluding hydrogens is 298 g/mol.